The summed E-state index contributed by atoms with van der Waals surface area (Å²) in [6, 6.07) is 16.2. The van der Waals surface area contributed by atoms with Crippen LogP contribution in [0.1, 0.15) is 6.92 Å². The molecule has 0 aliphatic rings. The summed E-state index contributed by atoms with van der Waals surface area (Å²) < 4.78 is 5.78. The van der Waals surface area contributed by atoms with E-state index < -0.39 is 11.8 Å². The average Bonchev–Trinajstić information content (AvgIpc) is 2.50. The van der Waals surface area contributed by atoms with Gasteiger partial charge in [0.15, 0.2) is 5.75 Å². The van der Waals surface area contributed by atoms with Crippen LogP contribution in [-0.2, 0) is 9.59 Å². The van der Waals surface area contributed by atoms with Gasteiger partial charge < -0.3 is 15.4 Å². The quantitative estimate of drug-likeness (QED) is 0.876. The van der Waals surface area contributed by atoms with Crippen LogP contribution in [0.4, 0.5) is 5.69 Å². The number of nitrogens with two attached hydrogens (primary N) is 1. The molecule has 0 saturated carbocycles. The Labute approximate surface area is 122 Å². The van der Waals surface area contributed by atoms with Gasteiger partial charge in [-0.05, 0) is 31.2 Å². The van der Waals surface area contributed by atoms with E-state index in [1.54, 1.807) is 31.2 Å². The minimum Gasteiger partial charge on any atom is -0.455 e. The highest BCUT2D eigenvalue weighted by Gasteiger charge is 2.22. The highest BCUT2D eigenvalue weighted by Crippen LogP contribution is 2.32. The number of anilines is 1. The van der Waals surface area contributed by atoms with Gasteiger partial charge in [0.1, 0.15) is 5.75 Å². The van der Waals surface area contributed by atoms with Crippen LogP contribution in [0.3, 0.4) is 0 Å². The van der Waals surface area contributed by atoms with Crippen LogP contribution in [0.2, 0.25) is 0 Å². The summed E-state index contributed by atoms with van der Waals surface area (Å²) in [6.45, 7) is 2.08. The van der Waals surface area contributed by atoms with Crippen molar-refractivity contribution in [1.82, 2.24) is 0 Å². The Bertz CT molecular complexity index is 641. The van der Waals surface area contributed by atoms with Gasteiger partial charge in [-0.2, -0.15) is 0 Å². The number of amides is 2. The molecule has 0 aliphatic heterocycles. The lowest BCUT2D eigenvalue weighted by atomic mass is 10.2. The Kier molecular flexibility index (Phi) is 4.56. The molecule has 21 heavy (non-hydrogen) atoms. The van der Waals surface area contributed by atoms with Gasteiger partial charge in [0.2, 0.25) is 0 Å². The molecule has 0 aromatic heterocycles. The zero-order valence-electron chi connectivity index (χ0n) is 11.7. The first-order valence-corrected chi connectivity index (χ1v) is 6.56. The number of carbonyl (C=O) groups is 2. The number of ether oxygens (including phenoxy) is 1. The monoisotopic (exact) mass is 284 g/mol. The van der Waals surface area contributed by atoms with Crippen molar-refractivity contribution in [3.8, 4) is 11.5 Å². The topological polar surface area (TPSA) is 72.6 Å². The van der Waals surface area contributed by atoms with Gasteiger partial charge in [0, 0.05) is 6.54 Å². The Morgan fingerprint density at radius 1 is 1.05 bits per heavy atom. The van der Waals surface area contributed by atoms with E-state index in [0.29, 0.717) is 23.7 Å². The van der Waals surface area contributed by atoms with Crippen LogP contribution in [0, 0.1) is 0 Å². The van der Waals surface area contributed by atoms with Gasteiger partial charge in [-0.25, -0.2) is 0 Å². The molecule has 0 aliphatic carbocycles. The highest BCUT2D eigenvalue weighted by molar-refractivity contribution is 6.40. The summed E-state index contributed by atoms with van der Waals surface area (Å²) in [4.78, 5) is 24.3. The van der Waals surface area contributed by atoms with Crippen LogP contribution < -0.4 is 15.4 Å². The third-order valence-electron chi connectivity index (χ3n) is 2.90. The molecule has 0 atom stereocenters. The Hall–Kier alpha value is -2.82. The first-order valence-electron chi connectivity index (χ1n) is 6.56. The molecule has 2 aromatic carbocycles. The van der Waals surface area contributed by atoms with E-state index in [4.69, 9.17) is 10.5 Å². The van der Waals surface area contributed by atoms with E-state index in [1.165, 1.54) is 4.90 Å². The van der Waals surface area contributed by atoms with Crippen LogP contribution >= 0.6 is 0 Å². The molecule has 2 rings (SSSR count). The zero-order valence-corrected chi connectivity index (χ0v) is 11.7. The van der Waals surface area contributed by atoms with Gasteiger partial charge in [0.25, 0.3) is 0 Å². The van der Waals surface area contributed by atoms with Crippen LogP contribution in [0.5, 0.6) is 11.5 Å². The molecule has 0 unspecified atom stereocenters. The van der Waals surface area contributed by atoms with Gasteiger partial charge in [0.05, 0.1) is 5.69 Å². The van der Waals surface area contributed by atoms with E-state index >= 15 is 0 Å². The predicted octanol–water partition coefficient (Wildman–Crippen LogP) is 2.32. The van der Waals surface area contributed by atoms with E-state index in [-0.39, 0.29) is 0 Å². The standard InChI is InChI=1S/C16H16N2O3/c1-2-18(16(20)15(17)19)13-10-6-7-11-14(13)21-12-8-4-3-5-9-12/h3-11H,2H2,1H3,(H2,17,19). The molecule has 5 heteroatoms. The second-order valence-electron chi connectivity index (χ2n) is 4.30. The van der Waals surface area contributed by atoms with Crippen LogP contribution in [0.25, 0.3) is 0 Å². The molecule has 0 fully saturated rings. The number of likely N-dealkylation sites (N-methyl/N-ethyl adjacent to an activating group) is 1. The number of benzene rings is 2. The molecule has 2 amide bonds. The second kappa shape index (κ2) is 6.56. The maximum Gasteiger partial charge on any atom is 0.316 e. The molecule has 2 aromatic rings. The van der Waals surface area contributed by atoms with Gasteiger partial charge in [-0.3, -0.25) is 9.59 Å². The van der Waals surface area contributed by atoms with Crippen molar-refractivity contribution in [3.05, 3.63) is 54.6 Å². The first kappa shape index (κ1) is 14.6. The fourth-order valence-electron chi connectivity index (χ4n) is 1.94. The van der Waals surface area contributed by atoms with Crippen molar-refractivity contribution in [2.24, 2.45) is 5.73 Å². The smallest absolute Gasteiger partial charge is 0.316 e. The largest absolute Gasteiger partial charge is 0.455 e. The molecule has 108 valence electrons. The van der Waals surface area contributed by atoms with Crippen molar-refractivity contribution >= 4 is 17.5 Å². The molecule has 0 spiro atoms. The van der Waals surface area contributed by atoms with Gasteiger partial charge in [-0.15, -0.1) is 0 Å². The number of hydrogen-bond donors (Lipinski definition) is 1. The molecule has 2 N–H and O–H groups in total. The second-order valence-corrected chi connectivity index (χ2v) is 4.30. The molecule has 0 bridgehead atoms. The summed E-state index contributed by atoms with van der Waals surface area (Å²) in [5, 5.41) is 0. The normalized spacial score (nSPS) is 9.95. The van der Waals surface area contributed by atoms with E-state index in [2.05, 4.69) is 0 Å². The van der Waals surface area contributed by atoms with Crippen LogP contribution in [0.15, 0.2) is 54.6 Å². The van der Waals surface area contributed by atoms with Crippen LogP contribution in [-0.4, -0.2) is 18.4 Å². The van der Waals surface area contributed by atoms with E-state index in [9.17, 15) is 9.59 Å². The number of nitrogens with zero attached hydrogens (tertiary/aromatic N) is 1. The number of carbonyl (C=O) groups excluding carboxylic acids is 2. The van der Waals surface area contributed by atoms with Crippen molar-refractivity contribution in [3.63, 3.8) is 0 Å². The summed E-state index contributed by atoms with van der Waals surface area (Å²) in [5.41, 5.74) is 5.59. The Morgan fingerprint density at radius 3 is 2.29 bits per heavy atom. The number of rotatable bonds is 4. The van der Waals surface area contributed by atoms with Crippen molar-refractivity contribution in [1.29, 1.82) is 0 Å². The predicted molar refractivity (Wildman–Crippen MR) is 80.2 cm³/mol. The first-order chi connectivity index (χ1) is 10.1. The fraction of sp³-hybridized carbons (Fsp3) is 0.125. The lowest BCUT2D eigenvalue weighted by molar-refractivity contribution is -0.135. The summed E-state index contributed by atoms with van der Waals surface area (Å²) in [5.74, 6) is -0.624. The molecular formula is C16H16N2O3. The van der Waals surface area contributed by atoms with Gasteiger partial charge in [-0.1, -0.05) is 30.3 Å². The minimum atomic E-state index is -0.994. The summed E-state index contributed by atoms with van der Waals surface area (Å²) in [6.07, 6.45) is 0. The average molecular weight is 284 g/mol. The lowest BCUT2D eigenvalue weighted by Gasteiger charge is -2.22. The maximum atomic E-state index is 11.9. The Morgan fingerprint density at radius 2 is 1.67 bits per heavy atom. The maximum absolute atomic E-state index is 11.9. The van der Waals surface area contributed by atoms with Crippen molar-refractivity contribution in [2.75, 3.05) is 11.4 Å². The zero-order chi connectivity index (χ0) is 15.2. The molecular weight excluding hydrogens is 268 g/mol. The summed E-state index contributed by atoms with van der Waals surface area (Å²) >= 11 is 0. The summed E-state index contributed by atoms with van der Waals surface area (Å²) in [7, 11) is 0. The number of hydrogen-bond acceptors (Lipinski definition) is 3. The fourth-order valence-corrected chi connectivity index (χ4v) is 1.94. The van der Waals surface area contributed by atoms with E-state index in [1.807, 2.05) is 30.3 Å². The minimum absolute atomic E-state index is 0.316. The van der Waals surface area contributed by atoms with Crippen molar-refractivity contribution in [2.45, 2.75) is 6.92 Å². The third-order valence-corrected chi connectivity index (χ3v) is 2.90. The number of primary amides is 1. The third kappa shape index (κ3) is 3.39. The van der Waals surface area contributed by atoms with E-state index in [0.717, 1.165) is 0 Å². The lowest BCUT2D eigenvalue weighted by Crippen LogP contribution is -2.40. The molecule has 0 radical (unpaired) electrons. The SMILES string of the molecule is CCN(C(=O)C(N)=O)c1ccccc1Oc1ccccc1. The molecule has 0 saturated heterocycles. The number of para-hydroxylation sites is 3. The van der Waals surface area contributed by atoms with Crippen molar-refractivity contribution < 1.29 is 14.3 Å². The highest BCUT2D eigenvalue weighted by atomic mass is 16.5. The van der Waals surface area contributed by atoms with Gasteiger partial charge >= 0.3 is 11.8 Å². The molecule has 0 heterocycles. The molecule has 5 nitrogen and oxygen atoms in total. The Balaban J connectivity index is 2.36.